The second-order valence-electron chi connectivity index (χ2n) is 5.41. The van der Waals surface area contributed by atoms with E-state index in [1.54, 1.807) is 0 Å². The molecule has 4 nitrogen and oxygen atoms in total. The van der Waals surface area contributed by atoms with Crippen LogP contribution in [0.15, 0.2) is 30.3 Å². The van der Waals surface area contributed by atoms with Gasteiger partial charge in [0.15, 0.2) is 0 Å². The highest BCUT2D eigenvalue weighted by molar-refractivity contribution is 5.84. The molecule has 0 radical (unpaired) electrons. The summed E-state index contributed by atoms with van der Waals surface area (Å²) in [6.45, 7) is 3.14. The van der Waals surface area contributed by atoms with Crippen LogP contribution < -0.4 is 5.32 Å². The van der Waals surface area contributed by atoms with Gasteiger partial charge in [0, 0.05) is 13.2 Å². The summed E-state index contributed by atoms with van der Waals surface area (Å²) in [6, 6.07) is 9.79. The average molecular weight is 277 g/mol. The van der Waals surface area contributed by atoms with Gasteiger partial charge in [0.1, 0.15) is 0 Å². The smallest absolute Gasteiger partial charge is 0.228 e. The summed E-state index contributed by atoms with van der Waals surface area (Å²) in [5.41, 5.74) is 0.505. The first-order valence-corrected chi connectivity index (χ1v) is 7.26. The molecule has 2 rings (SSSR count). The maximum absolute atomic E-state index is 12.5. The molecule has 1 aliphatic heterocycles. The van der Waals surface area contributed by atoms with Gasteiger partial charge in [0.25, 0.3) is 0 Å². The Hall–Kier alpha value is -1.39. The Morgan fingerprint density at radius 1 is 1.35 bits per heavy atom. The Labute approximate surface area is 120 Å². The van der Waals surface area contributed by atoms with E-state index in [1.807, 2.05) is 37.3 Å². The zero-order valence-electron chi connectivity index (χ0n) is 12.0. The molecule has 0 aliphatic carbocycles. The SMILES string of the molecule is CCC(C(=O)NC1(CO)CCOCC1)c1ccccc1. The van der Waals surface area contributed by atoms with Gasteiger partial charge in [0.2, 0.25) is 5.91 Å². The van der Waals surface area contributed by atoms with Crippen LogP contribution in [-0.4, -0.2) is 36.4 Å². The molecular weight excluding hydrogens is 254 g/mol. The van der Waals surface area contributed by atoms with Gasteiger partial charge < -0.3 is 15.2 Å². The molecule has 20 heavy (non-hydrogen) atoms. The summed E-state index contributed by atoms with van der Waals surface area (Å²) < 4.78 is 5.32. The van der Waals surface area contributed by atoms with Crippen LogP contribution >= 0.6 is 0 Å². The van der Waals surface area contributed by atoms with Crippen molar-refractivity contribution in [1.82, 2.24) is 5.32 Å². The monoisotopic (exact) mass is 277 g/mol. The minimum absolute atomic E-state index is 0.00495. The van der Waals surface area contributed by atoms with Crippen molar-refractivity contribution in [3.05, 3.63) is 35.9 Å². The molecule has 2 N–H and O–H groups in total. The van der Waals surface area contributed by atoms with E-state index in [1.165, 1.54) is 0 Å². The first-order valence-electron chi connectivity index (χ1n) is 7.26. The third kappa shape index (κ3) is 3.38. The summed E-state index contributed by atoms with van der Waals surface area (Å²) in [5, 5.41) is 12.7. The molecule has 1 aromatic rings. The fourth-order valence-electron chi connectivity index (χ4n) is 2.69. The summed E-state index contributed by atoms with van der Waals surface area (Å²) in [4.78, 5) is 12.5. The van der Waals surface area contributed by atoms with Crippen molar-refractivity contribution in [2.24, 2.45) is 0 Å². The van der Waals surface area contributed by atoms with Crippen molar-refractivity contribution in [2.75, 3.05) is 19.8 Å². The van der Waals surface area contributed by atoms with Crippen molar-refractivity contribution in [3.8, 4) is 0 Å². The molecule has 0 saturated carbocycles. The second kappa shape index (κ2) is 6.86. The molecule has 1 aromatic carbocycles. The molecule has 1 saturated heterocycles. The standard InChI is InChI=1S/C16H23NO3/c1-2-14(13-6-4-3-5-7-13)15(19)17-16(12-18)8-10-20-11-9-16/h3-7,14,18H,2,8-12H2,1H3,(H,17,19). The van der Waals surface area contributed by atoms with E-state index in [9.17, 15) is 9.90 Å². The van der Waals surface area contributed by atoms with Crippen molar-refractivity contribution < 1.29 is 14.6 Å². The predicted molar refractivity (Wildman–Crippen MR) is 77.5 cm³/mol. The Bertz CT molecular complexity index is 427. The minimum Gasteiger partial charge on any atom is -0.394 e. The van der Waals surface area contributed by atoms with Gasteiger partial charge >= 0.3 is 0 Å². The van der Waals surface area contributed by atoms with Crippen LogP contribution in [0.2, 0.25) is 0 Å². The Kier molecular flexibility index (Phi) is 5.15. The van der Waals surface area contributed by atoms with Gasteiger partial charge in [-0.15, -0.1) is 0 Å². The molecule has 1 fully saturated rings. The number of amides is 1. The number of rotatable bonds is 5. The van der Waals surface area contributed by atoms with Crippen molar-refractivity contribution in [2.45, 2.75) is 37.6 Å². The van der Waals surface area contributed by atoms with Crippen LogP contribution in [0.1, 0.15) is 37.7 Å². The van der Waals surface area contributed by atoms with Crippen LogP contribution in [0.25, 0.3) is 0 Å². The van der Waals surface area contributed by atoms with E-state index in [2.05, 4.69) is 5.32 Å². The highest BCUT2D eigenvalue weighted by atomic mass is 16.5. The molecular formula is C16H23NO3. The fourth-order valence-corrected chi connectivity index (χ4v) is 2.69. The Morgan fingerprint density at radius 2 is 2.00 bits per heavy atom. The summed E-state index contributed by atoms with van der Waals surface area (Å²) in [7, 11) is 0. The molecule has 1 atom stereocenters. The predicted octanol–water partition coefficient (Wildman–Crippen LogP) is 1.84. The summed E-state index contributed by atoms with van der Waals surface area (Å²) in [6.07, 6.45) is 2.08. The zero-order chi connectivity index (χ0) is 14.4. The Morgan fingerprint density at radius 3 is 2.55 bits per heavy atom. The van der Waals surface area contributed by atoms with E-state index in [0.717, 1.165) is 12.0 Å². The number of ether oxygens (including phenoxy) is 1. The number of nitrogens with one attached hydrogen (secondary N) is 1. The Balaban J connectivity index is 2.09. The molecule has 1 heterocycles. The van der Waals surface area contributed by atoms with Gasteiger partial charge in [-0.05, 0) is 24.8 Å². The number of hydrogen-bond acceptors (Lipinski definition) is 3. The lowest BCUT2D eigenvalue weighted by atomic mass is 9.88. The normalized spacial score (nSPS) is 19.3. The van der Waals surface area contributed by atoms with Crippen LogP contribution in [0, 0.1) is 0 Å². The third-order valence-corrected chi connectivity index (χ3v) is 4.07. The largest absolute Gasteiger partial charge is 0.394 e. The van der Waals surface area contributed by atoms with Crippen LogP contribution in [0.5, 0.6) is 0 Å². The lowest BCUT2D eigenvalue weighted by Gasteiger charge is -2.37. The minimum atomic E-state index is -0.516. The summed E-state index contributed by atoms with van der Waals surface area (Å²) >= 11 is 0. The molecule has 0 spiro atoms. The quantitative estimate of drug-likeness (QED) is 0.863. The van der Waals surface area contributed by atoms with E-state index < -0.39 is 5.54 Å². The zero-order valence-corrected chi connectivity index (χ0v) is 12.0. The van der Waals surface area contributed by atoms with Gasteiger partial charge in [-0.25, -0.2) is 0 Å². The van der Waals surface area contributed by atoms with E-state index >= 15 is 0 Å². The number of hydrogen-bond donors (Lipinski definition) is 2. The number of carbonyl (C=O) groups excluding carboxylic acids is 1. The van der Waals surface area contributed by atoms with Crippen LogP contribution in [0.3, 0.4) is 0 Å². The van der Waals surface area contributed by atoms with Gasteiger partial charge in [-0.2, -0.15) is 0 Å². The second-order valence-corrected chi connectivity index (χ2v) is 5.41. The topological polar surface area (TPSA) is 58.6 Å². The highest BCUT2D eigenvalue weighted by Gasteiger charge is 2.35. The first kappa shape index (κ1) is 15.0. The maximum atomic E-state index is 12.5. The van der Waals surface area contributed by atoms with Gasteiger partial charge in [-0.3, -0.25) is 4.79 Å². The van der Waals surface area contributed by atoms with E-state index in [-0.39, 0.29) is 18.4 Å². The van der Waals surface area contributed by atoms with Crippen molar-refractivity contribution in [1.29, 1.82) is 0 Å². The average Bonchev–Trinajstić information content (AvgIpc) is 2.50. The van der Waals surface area contributed by atoms with Crippen LogP contribution in [0.4, 0.5) is 0 Å². The van der Waals surface area contributed by atoms with Crippen molar-refractivity contribution in [3.63, 3.8) is 0 Å². The van der Waals surface area contributed by atoms with Gasteiger partial charge in [-0.1, -0.05) is 37.3 Å². The summed E-state index contributed by atoms with van der Waals surface area (Å²) in [5.74, 6) is -0.169. The lowest BCUT2D eigenvalue weighted by Crippen LogP contribution is -2.55. The maximum Gasteiger partial charge on any atom is 0.228 e. The lowest BCUT2D eigenvalue weighted by molar-refractivity contribution is -0.126. The fraction of sp³-hybridized carbons (Fsp3) is 0.562. The number of aliphatic hydroxyl groups excluding tert-OH is 1. The number of carbonyl (C=O) groups is 1. The molecule has 0 bridgehead atoms. The van der Waals surface area contributed by atoms with Crippen molar-refractivity contribution >= 4 is 5.91 Å². The first-order chi connectivity index (χ1) is 9.71. The third-order valence-electron chi connectivity index (χ3n) is 4.07. The van der Waals surface area contributed by atoms with E-state index in [4.69, 9.17) is 4.74 Å². The molecule has 110 valence electrons. The molecule has 1 amide bonds. The van der Waals surface area contributed by atoms with Crippen LogP contribution in [-0.2, 0) is 9.53 Å². The van der Waals surface area contributed by atoms with E-state index in [0.29, 0.717) is 26.1 Å². The van der Waals surface area contributed by atoms with Gasteiger partial charge in [0.05, 0.1) is 18.1 Å². The highest BCUT2D eigenvalue weighted by Crippen LogP contribution is 2.24. The molecule has 1 aliphatic rings. The number of aliphatic hydroxyl groups is 1. The molecule has 1 unspecified atom stereocenters. The molecule has 4 heteroatoms. The number of benzene rings is 1. The molecule has 0 aromatic heterocycles.